The van der Waals surface area contributed by atoms with Crippen molar-refractivity contribution >= 4 is 11.9 Å². The molecule has 0 amide bonds. The maximum atomic E-state index is 11.1. The van der Waals surface area contributed by atoms with Gasteiger partial charge in [-0.1, -0.05) is 6.92 Å². The molecule has 0 bridgehead atoms. The van der Waals surface area contributed by atoms with Gasteiger partial charge in [0.1, 0.15) is 0 Å². The molecule has 14 heavy (non-hydrogen) atoms. The number of Topliss-reactive ketones (excluding diaryl/α,β-unsaturated/α-hetero) is 1. The summed E-state index contributed by atoms with van der Waals surface area (Å²) >= 11 is 0. The molecule has 0 aliphatic carbocycles. The number of ketones is 1. The van der Waals surface area contributed by atoms with E-state index in [1.807, 2.05) is 13.0 Å². The third-order valence-electron chi connectivity index (χ3n) is 2.00. The average Bonchev–Trinajstić information content (AvgIpc) is 2.16. The van der Waals surface area contributed by atoms with Crippen LogP contribution < -0.4 is 4.73 Å². The molecular weight excluding hydrogens is 178 g/mol. The van der Waals surface area contributed by atoms with Crippen molar-refractivity contribution < 1.29 is 9.52 Å². The van der Waals surface area contributed by atoms with Crippen LogP contribution in [0.5, 0.6) is 0 Å². The van der Waals surface area contributed by atoms with E-state index < -0.39 is 0 Å². The van der Waals surface area contributed by atoms with Gasteiger partial charge in [-0.05, 0) is 30.6 Å². The number of rotatable bonds is 3. The minimum Gasteiger partial charge on any atom is -0.619 e. The monoisotopic (exact) mass is 191 g/mol. The molecule has 3 nitrogen and oxygen atoms in total. The summed E-state index contributed by atoms with van der Waals surface area (Å²) in [4.78, 5) is 11.1. The molecule has 0 spiro atoms. The molecule has 0 aliphatic rings. The normalized spacial score (nSPS) is 11.4. The van der Waals surface area contributed by atoms with Gasteiger partial charge in [-0.25, -0.2) is 0 Å². The molecule has 0 radical (unpaired) electrons. The summed E-state index contributed by atoms with van der Waals surface area (Å²) in [6.45, 7) is 3.48. The molecule has 0 fully saturated rings. The smallest absolute Gasteiger partial charge is 0.180 e. The Morgan fingerprint density at radius 1 is 1.50 bits per heavy atom. The van der Waals surface area contributed by atoms with Crippen molar-refractivity contribution in [1.29, 1.82) is 0 Å². The van der Waals surface area contributed by atoms with Crippen molar-refractivity contribution in [3.05, 3.63) is 40.9 Å². The molecule has 3 heteroatoms. The van der Waals surface area contributed by atoms with E-state index in [9.17, 15) is 10.0 Å². The first kappa shape index (κ1) is 10.4. The maximum Gasteiger partial charge on any atom is 0.180 e. The third kappa shape index (κ3) is 2.69. The fourth-order valence-corrected chi connectivity index (χ4v) is 1.17. The van der Waals surface area contributed by atoms with Crippen LogP contribution in [-0.2, 0) is 4.79 Å². The zero-order valence-electron chi connectivity index (χ0n) is 8.36. The van der Waals surface area contributed by atoms with Gasteiger partial charge in [0.2, 0.25) is 0 Å². The summed E-state index contributed by atoms with van der Waals surface area (Å²) in [7, 11) is 0. The van der Waals surface area contributed by atoms with Gasteiger partial charge in [0.05, 0.1) is 0 Å². The Hall–Kier alpha value is -1.64. The van der Waals surface area contributed by atoms with Crippen LogP contribution in [0, 0.1) is 5.21 Å². The highest BCUT2D eigenvalue weighted by atomic mass is 16.5. The Labute approximate surface area is 83.3 Å². The molecule has 1 aromatic rings. The predicted octanol–water partition coefficient (Wildman–Crippen LogP) is 1.70. The largest absolute Gasteiger partial charge is 0.619 e. The van der Waals surface area contributed by atoms with Gasteiger partial charge >= 0.3 is 0 Å². The highest BCUT2D eigenvalue weighted by Crippen LogP contribution is 2.08. The third-order valence-corrected chi connectivity index (χ3v) is 2.00. The number of carbonyl (C=O) groups excluding carboxylic acids is 1. The Kier molecular flexibility index (Phi) is 3.40. The summed E-state index contributed by atoms with van der Waals surface area (Å²) in [6.07, 6.45) is 5.35. The second-order valence-electron chi connectivity index (χ2n) is 3.07. The van der Waals surface area contributed by atoms with Crippen molar-refractivity contribution in [3.8, 4) is 0 Å². The van der Waals surface area contributed by atoms with Crippen LogP contribution in [0.2, 0.25) is 0 Å². The van der Waals surface area contributed by atoms with Crippen molar-refractivity contribution in [2.75, 3.05) is 0 Å². The van der Waals surface area contributed by atoms with E-state index in [1.165, 1.54) is 12.4 Å². The molecule has 0 saturated heterocycles. The van der Waals surface area contributed by atoms with Gasteiger partial charge < -0.3 is 5.21 Å². The first-order valence-corrected chi connectivity index (χ1v) is 4.54. The molecule has 0 aliphatic heterocycles. The summed E-state index contributed by atoms with van der Waals surface area (Å²) in [5.41, 5.74) is 1.65. The minimum atomic E-state index is 0.0753. The predicted molar refractivity (Wildman–Crippen MR) is 54.4 cm³/mol. The van der Waals surface area contributed by atoms with E-state index in [2.05, 4.69) is 0 Å². The summed E-state index contributed by atoms with van der Waals surface area (Å²) in [5, 5.41) is 10.7. The van der Waals surface area contributed by atoms with Crippen molar-refractivity contribution in [2.45, 2.75) is 20.3 Å². The number of aromatic nitrogens is 1. The lowest BCUT2D eigenvalue weighted by Crippen LogP contribution is -2.23. The van der Waals surface area contributed by atoms with E-state index in [1.54, 1.807) is 19.1 Å². The number of pyridine rings is 1. The van der Waals surface area contributed by atoms with Gasteiger partial charge in [-0.2, -0.15) is 4.73 Å². The molecule has 0 aromatic carbocycles. The van der Waals surface area contributed by atoms with Crippen LogP contribution in [0.25, 0.3) is 6.08 Å². The number of allylic oxidation sites excluding steroid dienone is 1. The van der Waals surface area contributed by atoms with E-state index in [4.69, 9.17) is 0 Å². The van der Waals surface area contributed by atoms with E-state index in [0.29, 0.717) is 6.42 Å². The molecule has 1 heterocycles. The molecule has 0 unspecified atom stereocenters. The number of carbonyl (C=O) groups is 1. The number of hydrogen-bond donors (Lipinski definition) is 0. The second kappa shape index (κ2) is 4.56. The molecular formula is C11H13NO2. The Balaban J connectivity index is 2.95. The van der Waals surface area contributed by atoms with E-state index >= 15 is 0 Å². The number of nitrogens with zero attached hydrogens (tertiary/aromatic N) is 1. The maximum absolute atomic E-state index is 11.1. The van der Waals surface area contributed by atoms with Gasteiger partial charge in [0, 0.05) is 12.1 Å². The van der Waals surface area contributed by atoms with E-state index in [0.717, 1.165) is 15.9 Å². The lowest BCUT2D eigenvalue weighted by atomic mass is 10.1. The summed E-state index contributed by atoms with van der Waals surface area (Å²) in [5.74, 6) is 0.0753. The average molecular weight is 191 g/mol. The van der Waals surface area contributed by atoms with Crippen LogP contribution in [-0.4, -0.2) is 5.78 Å². The van der Waals surface area contributed by atoms with Crippen molar-refractivity contribution in [2.24, 2.45) is 0 Å². The molecule has 1 rings (SSSR count). The fraction of sp³-hybridized carbons (Fsp3) is 0.273. The van der Waals surface area contributed by atoms with Crippen LogP contribution in [0.15, 0.2) is 30.1 Å². The Morgan fingerprint density at radius 2 is 2.07 bits per heavy atom. The lowest BCUT2D eigenvalue weighted by Gasteiger charge is -1.99. The molecule has 0 atom stereocenters. The van der Waals surface area contributed by atoms with Crippen LogP contribution in [0.4, 0.5) is 0 Å². The van der Waals surface area contributed by atoms with Gasteiger partial charge in [-0.15, -0.1) is 0 Å². The zero-order valence-corrected chi connectivity index (χ0v) is 8.36. The van der Waals surface area contributed by atoms with Crippen LogP contribution >= 0.6 is 0 Å². The summed E-state index contributed by atoms with van der Waals surface area (Å²) in [6, 6.07) is 3.37. The standard InChI is InChI=1S/C11H13NO2/c1-3-11(9(2)13)8-10-4-6-12(14)7-5-10/h4-8H,3H2,1-2H3/b11-8+. The van der Waals surface area contributed by atoms with Crippen molar-refractivity contribution in [1.82, 2.24) is 0 Å². The first-order chi connectivity index (χ1) is 6.63. The Morgan fingerprint density at radius 3 is 2.50 bits per heavy atom. The van der Waals surface area contributed by atoms with Crippen molar-refractivity contribution in [3.63, 3.8) is 0 Å². The molecule has 0 saturated carbocycles. The quantitative estimate of drug-likeness (QED) is 0.414. The fourth-order valence-electron chi connectivity index (χ4n) is 1.17. The van der Waals surface area contributed by atoms with Gasteiger partial charge in [0.15, 0.2) is 18.2 Å². The van der Waals surface area contributed by atoms with Crippen LogP contribution in [0.3, 0.4) is 0 Å². The lowest BCUT2D eigenvalue weighted by molar-refractivity contribution is -0.605. The Bertz CT molecular complexity index is 352. The highest BCUT2D eigenvalue weighted by molar-refractivity contribution is 5.97. The highest BCUT2D eigenvalue weighted by Gasteiger charge is 2.01. The minimum absolute atomic E-state index is 0.0753. The zero-order chi connectivity index (χ0) is 10.6. The van der Waals surface area contributed by atoms with Gasteiger partial charge in [-0.3, -0.25) is 4.79 Å². The second-order valence-corrected chi connectivity index (χ2v) is 3.07. The molecule has 0 N–H and O–H groups in total. The van der Waals surface area contributed by atoms with Crippen LogP contribution in [0.1, 0.15) is 25.8 Å². The van der Waals surface area contributed by atoms with E-state index in [-0.39, 0.29) is 5.78 Å². The van der Waals surface area contributed by atoms with Gasteiger partial charge in [0.25, 0.3) is 0 Å². The topological polar surface area (TPSA) is 44.0 Å². The molecule has 1 aromatic heterocycles. The summed E-state index contributed by atoms with van der Waals surface area (Å²) < 4.78 is 0.719. The number of hydrogen-bond acceptors (Lipinski definition) is 2. The SMILES string of the molecule is CC/C(=C\c1cc[n+]([O-])cc1)C(C)=O. The first-order valence-electron chi connectivity index (χ1n) is 4.54. The molecule has 74 valence electrons.